The molecular weight excluding hydrogens is 594 g/mol. The van der Waals surface area contributed by atoms with Crippen LogP contribution in [-0.2, 0) is 17.8 Å². The number of amides is 1. The van der Waals surface area contributed by atoms with Crippen LogP contribution in [0.3, 0.4) is 0 Å². The van der Waals surface area contributed by atoms with Crippen molar-refractivity contribution in [1.29, 1.82) is 5.26 Å². The van der Waals surface area contributed by atoms with E-state index in [0.717, 1.165) is 14.7 Å². The molecule has 0 aromatic heterocycles. The molecule has 1 N–H and O–H groups in total. The van der Waals surface area contributed by atoms with Gasteiger partial charge in [0.1, 0.15) is 35.6 Å². The monoisotopic (exact) mass is 618 g/mol. The molecule has 0 fully saturated rings. The van der Waals surface area contributed by atoms with Crippen LogP contribution in [0.15, 0.2) is 96.6 Å². The number of rotatable bonds is 9. The molecule has 7 heteroatoms. The second-order valence-corrected chi connectivity index (χ2v) is 9.54. The summed E-state index contributed by atoms with van der Waals surface area (Å²) >= 11 is 2.15. The van der Waals surface area contributed by atoms with Crippen LogP contribution in [0.1, 0.15) is 22.3 Å². The van der Waals surface area contributed by atoms with E-state index in [1.807, 2.05) is 42.5 Å². The minimum atomic E-state index is -0.533. The molecule has 0 saturated heterocycles. The van der Waals surface area contributed by atoms with E-state index in [1.54, 1.807) is 48.5 Å². The highest BCUT2D eigenvalue weighted by atomic mass is 127. The molecule has 0 atom stereocenters. The van der Waals surface area contributed by atoms with Crippen LogP contribution < -0.4 is 14.8 Å². The number of carbonyl (C=O) groups excluding carboxylic acids is 1. The lowest BCUT2D eigenvalue weighted by Crippen LogP contribution is -2.13. The van der Waals surface area contributed by atoms with Crippen molar-refractivity contribution in [3.05, 3.63) is 128 Å². The summed E-state index contributed by atoms with van der Waals surface area (Å²) in [6.45, 7) is 0.440. The van der Waals surface area contributed by atoms with Crippen LogP contribution in [0.5, 0.6) is 11.5 Å². The summed E-state index contributed by atoms with van der Waals surface area (Å²) in [7, 11) is 1.54. The Kier molecular flexibility index (Phi) is 9.11. The van der Waals surface area contributed by atoms with Crippen molar-refractivity contribution in [2.75, 3.05) is 12.4 Å². The van der Waals surface area contributed by atoms with Crippen LogP contribution in [0.4, 0.5) is 10.1 Å². The number of carbonyl (C=O) groups is 1. The summed E-state index contributed by atoms with van der Waals surface area (Å²) in [5, 5.41) is 12.4. The lowest BCUT2D eigenvalue weighted by Gasteiger charge is -2.13. The fraction of sp³-hybridized carbons (Fsp3) is 0.0968. The average molecular weight is 618 g/mol. The van der Waals surface area contributed by atoms with Crippen molar-refractivity contribution in [2.45, 2.75) is 13.0 Å². The Hall–Kier alpha value is -4.16. The van der Waals surface area contributed by atoms with E-state index in [1.165, 1.54) is 19.3 Å². The number of halogens is 2. The first-order valence-electron chi connectivity index (χ1n) is 11.8. The van der Waals surface area contributed by atoms with Crippen LogP contribution in [0.2, 0.25) is 0 Å². The fourth-order valence-electron chi connectivity index (χ4n) is 3.79. The van der Waals surface area contributed by atoms with E-state index in [-0.39, 0.29) is 11.4 Å². The quantitative estimate of drug-likeness (QED) is 0.123. The summed E-state index contributed by atoms with van der Waals surface area (Å²) in [5.41, 5.74) is 3.54. The van der Waals surface area contributed by atoms with Crippen LogP contribution >= 0.6 is 22.6 Å². The highest BCUT2D eigenvalue weighted by Gasteiger charge is 2.15. The summed E-state index contributed by atoms with van der Waals surface area (Å²) in [4.78, 5) is 12.8. The van der Waals surface area contributed by atoms with Crippen molar-refractivity contribution in [1.82, 2.24) is 0 Å². The number of nitriles is 1. The Morgan fingerprint density at radius 1 is 1.03 bits per heavy atom. The van der Waals surface area contributed by atoms with Crippen LogP contribution in [0.25, 0.3) is 6.08 Å². The number of methoxy groups -OCH3 is 1. The molecule has 0 aliphatic heterocycles. The third-order valence-electron chi connectivity index (χ3n) is 5.76. The van der Waals surface area contributed by atoms with E-state index >= 15 is 0 Å². The summed E-state index contributed by atoms with van der Waals surface area (Å²) in [5.74, 6) is 0.402. The van der Waals surface area contributed by atoms with Gasteiger partial charge in [-0.25, -0.2) is 4.39 Å². The fourth-order valence-corrected chi connectivity index (χ4v) is 4.61. The molecule has 0 unspecified atom stereocenters. The van der Waals surface area contributed by atoms with Gasteiger partial charge >= 0.3 is 0 Å². The first-order chi connectivity index (χ1) is 18.5. The number of ether oxygens (including phenoxy) is 2. The molecule has 4 aromatic rings. The number of nitrogens with one attached hydrogen (secondary N) is 1. The minimum Gasteiger partial charge on any atom is -0.496 e. The van der Waals surface area contributed by atoms with E-state index in [9.17, 15) is 14.4 Å². The van der Waals surface area contributed by atoms with Gasteiger partial charge in [0, 0.05) is 21.2 Å². The van der Waals surface area contributed by atoms with Gasteiger partial charge in [-0.3, -0.25) is 4.79 Å². The molecule has 5 nitrogen and oxygen atoms in total. The van der Waals surface area contributed by atoms with Crippen molar-refractivity contribution in [3.63, 3.8) is 0 Å². The van der Waals surface area contributed by atoms with Gasteiger partial charge in [0.2, 0.25) is 0 Å². The Morgan fingerprint density at radius 2 is 1.74 bits per heavy atom. The zero-order valence-corrected chi connectivity index (χ0v) is 22.7. The number of nitrogens with zero attached hydrogens (tertiary/aromatic N) is 1. The predicted octanol–water partition coefficient (Wildman–Crippen LogP) is 7.15. The molecule has 38 heavy (non-hydrogen) atoms. The molecule has 0 spiro atoms. The number of hydrogen-bond acceptors (Lipinski definition) is 4. The van der Waals surface area contributed by atoms with Crippen molar-refractivity contribution >= 4 is 40.3 Å². The van der Waals surface area contributed by atoms with Crippen molar-refractivity contribution in [3.8, 4) is 17.6 Å². The Morgan fingerprint density at radius 3 is 2.42 bits per heavy atom. The van der Waals surface area contributed by atoms with E-state index in [2.05, 4.69) is 27.9 Å². The van der Waals surface area contributed by atoms with Gasteiger partial charge in [0.15, 0.2) is 0 Å². The topological polar surface area (TPSA) is 71.3 Å². The Labute approximate surface area is 234 Å². The summed E-state index contributed by atoms with van der Waals surface area (Å²) < 4.78 is 26.4. The van der Waals surface area contributed by atoms with E-state index in [4.69, 9.17) is 9.47 Å². The lowest BCUT2D eigenvalue weighted by atomic mass is 10.0. The molecule has 190 valence electrons. The number of hydrogen-bond donors (Lipinski definition) is 1. The predicted molar refractivity (Wildman–Crippen MR) is 154 cm³/mol. The first kappa shape index (κ1) is 26.9. The standard InChI is InChI=1S/C31H24FIN2O3/c1-37-30-17-22(16-29(33)27(30)18-23-9-5-6-10-28(23)32)15-24(19-34)31(36)35-25-11-13-26(14-12-25)38-20-21-7-3-2-4-8-21/h2-17H,18,20H2,1H3,(H,35,36)/b24-15+. The minimum absolute atomic E-state index is 0.0610. The third-order valence-corrected chi connectivity index (χ3v) is 6.72. The normalized spacial score (nSPS) is 10.9. The van der Waals surface area contributed by atoms with Gasteiger partial charge in [-0.05, 0) is 87.8 Å². The second-order valence-electron chi connectivity index (χ2n) is 8.37. The summed E-state index contributed by atoms with van der Waals surface area (Å²) in [6, 6.07) is 28.9. The molecule has 0 aliphatic rings. The first-order valence-corrected chi connectivity index (χ1v) is 12.8. The van der Waals surface area contributed by atoms with Gasteiger partial charge in [-0.15, -0.1) is 0 Å². The molecule has 0 saturated carbocycles. The molecule has 0 aliphatic carbocycles. The molecular formula is C31H24FIN2O3. The third kappa shape index (κ3) is 6.99. The van der Waals surface area contributed by atoms with Crippen LogP contribution in [0, 0.1) is 20.7 Å². The maximum Gasteiger partial charge on any atom is 0.266 e. The largest absolute Gasteiger partial charge is 0.496 e. The maximum absolute atomic E-state index is 14.2. The highest BCUT2D eigenvalue weighted by molar-refractivity contribution is 14.1. The molecule has 4 aromatic carbocycles. The van der Waals surface area contributed by atoms with Gasteiger partial charge in [0.05, 0.1) is 7.11 Å². The maximum atomic E-state index is 14.2. The zero-order chi connectivity index (χ0) is 26.9. The van der Waals surface area contributed by atoms with E-state index in [0.29, 0.717) is 41.3 Å². The summed E-state index contributed by atoms with van der Waals surface area (Å²) in [6.07, 6.45) is 1.86. The zero-order valence-electron chi connectivity index (χ0n) is 20.6. The Bertz CT molecular complexity index is 1500. The van der Waals surface area contributed by atoms with Crippen molar-refractivity contribution < 1.29 is 18.7 Å². The molecule has 0 radical (unpaired) electrons. The van der Waals surface area contributed by atoms with Gasteiger partial charge in [0.25, 0.3) is 5.91 Å². The van der Waals surface area contributed by atoms with Crippen molar-refractivity contribution in [2.24, 2.45) is 0 Å². The van der Waals surface area contributed by atoms with E-state index < -0.39 is 5.91 Å². The van der Waals surface area contributed by atoms with Gasteiger partial charge < -0.3 is 14.8 Å². The number of anilines is 1. The lowest BCUT2D eigenvalue weighted by molar-refractivity contribution is -0.112. The average Bonchev–Trinajstić information content (AvgIpc) is 2.94. The SMILES string of the molecule is COc1cc(/C=C(\C#N)C(=O)Nc2ccc(OCc3ccccc3)cc2)cc(I)c1Cc1ccccc1F. The molecule has 0 bridgehead atoms. The second kappa shape index (κ2) is 12.9. The molecule has 1 amide bonds. The van der Waals surface area contributed by atoms with Gasteiger partial charge in [-0.2, -0.15) is 5.26 Å². The molecule has 0 heterocycles. The Balaban J connectivity index is 1.46. The smallest absolute Gasteiger partial charge is 0.266 e. The molecule has 4 rings (SSSR count). The number of benzene rings is 4. The highest BCUT2D eigenvalue weighted by Crippen LogP contribution is 2.30. The van der Waals surface area contributed by atoms with Gasteiger partial charge in [-0.1, -0.05) is 48.5 Å². The van der Waals surface area contributed by atoms with Crippen LogP contribution in [-0.4, -0.2) is 13.0 Å².